The first-order valence-corrected chi connectivity index (χ1v) is 12.3. The van der Waals surface area contributed by atoms with Gasteiger partial charge < -0.3 is 9.42 Å². The SMILES string of the molecule is Cc1noc(C)c1S(=O)(=O)N1CCN(C(=O)c2nn(-c3ccc(F)cc3)c3c2CCC3)CC1. The van der Waals surface area contributed by atoms with Gasteiger partial charge in [0.2, 0.25) is 10.0 Å². The number of sulfonamides is 1. The fourth-order valence-corrected chi connectivity index (χ4v) is 6.37. The monoisotopic (exact) mass is 473 g/mol. The zero-order chi connectivity index (χ0) is 23.3. The van der Waals surface area contributed by atoms with E-state index >= 15 is 0 Å². The first-order valence-electron chi connectivity index (χ1n) is 10.9. The molecule has 0 saturated carbocycles. The van der Waals surface area contributed by atoms with E-state index in [4.69, 9.17) is 4.52 Å². The predicted molar refractivity (Wildman–Crippen MR) is 116 cm³/mol. The van der Waals surface area contributed by atoms with E-state index < -0.39 is 10.0 Å². The maximum absolute atomic E-state index is 13.4. The molecule has 1 aliphatic carbocycles. The Morgan fingerprint density at radius 2 is 1.76 bits per heavy atom. The lowest BCUT2D eigenvalue weighted by atomic mass is 10.1. The molecule has 2 aliphatic rings. The highest BCUT2D eigenvalue weighted by molar-refractivity contribution is 7.89. The summed E-state index contributed by atoms with van der Waals surface area (Å²) in [4.78, 5) is 15.1. The van der Waals surface area contributed by atoms with Crippen molar-refractivity contribution in [3.63, 3.8) is 0 Å². The third kappa shape index (κ3) is 3.65. The summed E-state index contributed by atoms with van der Waals surface area (Å²) in [6.07, 6.45) is 2.49. The molecule has 1 fully saturated rings. The standard InChI is InChI=1S/C22H24FN5O4S/c1-14-21(15(2)32-25-14)33(30,31)27-12-10-26(11-13-27)22(29)20-18-4-3-5-19(18)28(24-20)17-8-6-16(23)7-9-17/h6-9H,3-5,10-13H2,1-2H3. The number of piperazine rings is 1. The summed E-state index contributed by atoms with van der Waals surface area (Å²) in [6, 6.07) is 6.04. The topological polar surface area (TPSA) is 102 Å². The second kappa shape index (κ2) is 8.07. The lowest BCUT2D eigenvalue weighted by Gasteiger charge is -2.33. The second-order valence-corrected chi connectivity index (χ2v) is 10.2. The van der Waals surface area contributed by atoms with Gasteiger partial charge in [-0.3, -0.25) is 4.79 Å². The number of benzene rings is 1. The molecule has 0 bridgehead atoms. The Hall–Kier alpha value is -3.05. The average molecular weight is 474 g/mol. The summed E-state index contributed by atoms with van der Waals surface area (Å²) in [5.41, 5.74) is 3.34. The number of aromatic nitrogens is 3. The van der Waals surface area contributed by atoms with Crippen LogP contribution in [-0.2, 0) is 22.9 Å². The zero-order valence-corrected chi connectivity index (χ0v) is 19.2. The van der Waals surface area contributed by atoms with Gasteiger partial charge in [0.15, 0.2) is 11.5 Å². The minimum atomic E-state index is -3.75. The molecule has 1 aliphatic heterocycles. The van der Waals surface area contributed by atoms with Gasteiger partial charge in [0.1, 0.15) is 16.4 Å². The number of amides is 1. The number of hydrogen-bond acceptors (Lipinski definition) is 6. The van der Waals surface area contributed by atoms with Crippen LogP contribution in [0.3, 0.4) is 0 Å². The van der Waals surface area contributed by atoms with Crippen molar-refractivity contribution < 1.29 is 22.1 Å². The Bertz CT molecular complexity index is 1300. The predicted octanol–water partition coefficient (Wildman–Crippen LogP) is 2.25. The van der Waals surface area contributed by atoms with E-state index in [9.17, 15) is 17.6 Å². The van der Waals surface area contributed by atoms with Crippen molar-refractivity contribution in [2.24, 2.45) is 0 Å². The Morgan fingerprint density at radius 1 is 1.06 bits per heavy atom. The molecule has 33 heavy (non-hydrogen) atoms. The van der Waals surface area contributed by atoms with Crippen LogP contribution in [0.25, 0.3) is 5.69 Å². The van der Waals surface area contributed by atoms with Crippen molar-refractivity contribution in [2.45, 2.75) is 38.0 Å². The van der Waals surface area contributed by atoms with Gasteiger partial charge in [-0.2, -0.15) is 9.40 Å². The Morgan fingerprint density at radius 3 is 2.39 bits per heavy atom. The van der Waals surface area contributed by atoms with E-state index in [2.05, 4.69) is 10.3 Å². The maximum atomic E-state index is 13.4. The van der Waals surface area contributed by atoms with Gasteiger partial charge >= 0.3 is 0 Å². The second-order valence-electron chi connectivity index (χ2n) is 8.37. The number of halogens is 1. The number of aryl methyl sites for hydroxylation is 2. The minimum absolute atomic E-state index is 0.0955. The summed E-state index contributed by atoms with van der Waals surface area (Å²) in [6.45, 7) is 4.06. The van der Waals surface area contributed by atoms with Crippen LogP contribution in [0.4, 0.5) is 4.39 Å². The molecular weight excluding hydrogens is 449 g/mol. The summed E-state index contributed by atoms with van der Waals surface area (Å²) in [7, 11) is -3.75. The molecule has 1 amide bonds. The van der Waals surface area contributed by atoms with Crippen molar-refractivity contribution in [3.05, 3.63) is 58.5 Å². The third-order valence-electron chi connectivity index (χ3n) is 6.30. The fourth-order valence-electron chi connectivity index (χ4n) is 4.66. The van der Waals surface area contributed by atoms with E-state index in [1.807, 2.05) is 0 Å². The Labute approximate surface area is 190 Å². The molecule has 0 unspecified atom stereocenters. The van der Waals surface area contributed by atoms with Crippen LogP contribution in [-0.4, -0.2) is 64.6 Å². The van der Waals surface area contributed by atoms with E-state index in [1.54, 1.807) is 35.6 Å². The molecule has 174 valence electrons. The Balaban J connectivity index is 1.36. The molecule has 5 rings (SSSR count). The highest BCUT2D eigenvalue weighted by Gasteiger charge is 2.36. The van der Waals surface area contributed by atoms with Crippen LogP contribution < -0.4 is 0 Å². The molecule has 0 atom stereocenters. The van der Waals surface area contributed by atoms with Crippen molar-refractivity contribution in [2.75, 3.05) is 26.2 Å². The van der Waals surface area contributed by atoms with Crippen molar-refractivity contribution in [3.8, 4) is 5.69 Å². The zero-order valence-electron chi connectivity index (χ0n) is 18.4. The van der Waals surface area contributed by atoms with Crippen LogP contribution in [0.5, 0.6) is 0 Å². The highest BCUT2D eigenvalue weighted by atomic mass is 32.2. The molecule has 1 aromatic carbocycles. The van der Waals surface area contributed by atoms with Gasteiger partial charge in [0.05, 0.1) is 5.69 Å². The summed E-state index contributed by atoms with van der Waals surface area (Å²) >= 11 is 0. The van der Waals surface area contributed by atoms with Crippen molar-refractivity contribution in [1.82, 2.24) is 24.1 Å². The summed E-state index contributed by atoms with van der Waals surface area (Å²) < 4.78 is 47.6. The van der Waals surface area contributed by atoms with E-state index in [1.165, 1.54) is 16.4 Å². The van der Waals surface area contributed by atoms with E-state index in [0.29, 0.717) is 17.1 Å². The number of nitrogens with zero attached hydrogens (tertiary/aromatic N) is 5. The summed E-state index contributed by atoms with van der Waals surface area (Å²) in [5.74, 6) is -0.278. The smallest absolute Gasteiger partial charge is 0.274 e. The molecule has 0 N–H and O–H groups in total. The number of rotatable bonds is 4. The largest absolute Gasteiger partial charge is 0.360 e. The quantitative estimate of drug-likeness (QED) is 0.576. The van der Waals surface area contributed by atoms with Gasteiger partial charge in [0.25, 0.3) is 5.91 Å². The molecule has 11 heteroatoms. The molecule has 1 saturated heterocycles. The van der Waals surface area contributed by atoms with Crippen LogP contribution in [0, 0.1) is 19.7 Å². The van der Waals surface area contributed by atoms with Crippen molar-refractivity contribution in [1.29, 1.82) is 0 Å². The third-order valence-corrected chi connectivity index (χ3v) is 8.44. The number of fused-ring (bicyclic) bond motifs is 1. The molecule has 3 heterocycles. The van der Waals surface area contributed by atoms with Gasteiger partial charge in [0, 0.05) is 37.4 Å². The van der Waals surface area contributed by atoms with Crippen LogP contribution in [0.2, 0.25) is 0 Å². The number of hydrogen-bond donors (Lipinski definition) is 0. The Kier molecular flexibility index (Phi) is 5.32. The fraction of sp³-hybridized carbons (Fsp3) is 0.409. The van der Waals surface area contributed by atoms with Crippen LogP contribution in [0.1, 0.15) is 39.6 Å². The van der Waals surface area contributed by atoms with Gasteiger partial charge in [-0.15, -0.1) is 0 Å². The first-order chi connectivity index (χ1) is 15.8. The lowest BCUT2D eigenvalue weighted by molar-refractivity contribution is 0.0690. The molecular formula is C22H24FN5O4S. The van der Waals surface area contributed by atoms with Crippen molar-refractivity contribution >= 4 is 15.9 Å². The lowest BCUT2D eigenvalue weighted by Crippen LogP contribution is -2.50. The molecule has 2 aromatic heterocycles. The van der Waals surface area contributed by atoms with Gasteiger partial charge in [-0.1, -0.05) is 5.16 Å². The molecule has 0 spiro atoms. The minimum Gasteiger partial charge on any atom is -0.360 e. The summed E-state index contributed by atoms with van der Waals surface area (Å²) in [5, 5.41) is 8.34. The molecule has 9 nitrogen and oxygen atoms in total. The maximum Gasteiger partial charge on any atom is 0.274 e. The number of carbonyl (C=O) groups is 1. The van der Waals surface area contributed by atoms with E-state index in [-0.39, 0.29) is 48.6 Å². The first kappa shape index (κ1) is 21.8. The van der Waals surface area contributed by atoms with E-state index in [0.717, 1.165) is 30.5 Å². The molecule has 0 radical (unpaired) electrons. The average Bonchev–Trinajstić information content (AvgIpc) is 3.50. The highest BCUT2D eigenvalue weighted by Crippen LogP contribution is 2.29. The molecule has 3 aromatic rings. The normalized spacial score (nSPS) is 16.9. The van der Waals surface area contributed by atoms with Crippen LogP contribution in [0.15, 0.2) is 33.7 Å². The van der Waals surface area contributed by atoms with Gasteiger partial charge in [-0.05, 0) is 57.4 Å². The number of carbonyl (C=O) groups excluding carboxylic acids is 1. The van der Waals surface area contributed by atoms with Gasteiger partial charge in [-0.25, -0.2) is 17.5 Å². The van der Waals surface area contributed by atoms with Crippen LogP contribution >= 0.6 is 0 Å².